The van der Waals surface area contributed by atoms with Crippen LogP contribution in [0, 0.1) is 0 Å². The molecule has 2 atom stereocenters. The molecule has 0 amide bonds. The Balaban J connectivity index is 1.62. The van der Waals surface area contributed by atoms with Crippen molar-refractivity contribution in [3.05, 3.63) is 95.8 Å². The van der Waals surface area contributed by atoms with Gasteiger partial charge in [0.25, 0.3) is 0 Å². The van der Waals surface area contributed by atoms with Crippen LogP contribution < -0.4 is 4.90 Å². The summed E-state index contributed by atoms with van der Waals surface area (Å²) >= 11 is 0. The van der Waals surface area contributed by atoms with E-state index in [1.54, 1.807) is 43.5 Å². The number of benzene rings is 2. The maximum Gasteiger partial charge on any atom is 0.303 e. The third-order valence-corrected chi connectivity index (χ3v) is 14.0. The predicted octanol–water partition coefficient (Wildman–Crippen LogP) is 5.26. The SMILES string of the molecule is CCN1/C(=C/C=C/C=C/C=C/C2=[N+](CCCCCC(=O)O)c3ccc(S(=O)(=O)[O-])cc3C2(C)CCOCCOCCOCCOC)C(C)(CCCS(=O)(=O)[O-])c2cc(S(=O)(=O)[O-])ccc21. The smallest absolute Gasteiger partial charge is 0.303 e. The highest BCUT2D eigenvalue weighted by Crippen LogP contribution is 2.51. The van der Waals surface area contributed by atoms with Crippen molar-refractivity contribution in [1.29, 1.82) is 0 Å². The zero-order valence-electron chi connectivity index (χ0n) is 37.3. The molecule has 0 bridgehead atoms. The van der Waals surface area contributed by atoms with Crippen molar-refractivity contribution >= 4 is 53.4 Å². The average molecular weight is 965 g/mol. The molecular weight excluding hydrogens is 905 g/mol. The largest absolute Gasteiger partial charge is 0.748 e. The molecular formula is C45H60N2O15S3-2. The summed E-state index contributed by atoms with van der Waals surface area (Å²) in [4.78, 5) is 12.3. The van der Waals surface area contributed by atoms with Gasteiger partial charge < -0.3 is 42.6 Å². The second-order valence-electron chi connectivity index (χ2n) is 16.0. The summed E-state index contributed by atoms with van der Waals surface area (Å²) in [6.07, 6.45) is 15.1. The molecule has 17 nitrogen and oxygen atoms in total. The summed E-state index contributed by atoms with van der Waals surface area (Å²) in [5, 5.41) is 9.16. The van der Waals surface area contributed by atoms with E-state index in [1.165, 1.54) is 24.3 Å². The lowest BCUT2D eigenvalue weighted by molar-refractivity contribution is -0.438. The number of hydrogen-bond acceptors (Lipinski definition) is 15. The quantitative estimate of drug-likeness (QED) is 0.0472. The van der Waals surface area contributed by atoms with Crippen LogP contribution in [0.15, 0.2) is 94.4 Å². The molecule has 0 saturated heterocycles. The summed E-state index contributed by atoms with van der Waals surface area (Å²) in [7, 11) is -12.5. The Morgan fingerprint density at radius 1 is 0.723 bits per heavy atom. The monoisotopic (exact) mass is 964 g/mol. The van der Waals surface area contributed by atoms with E-state index in [4.69, 9.17) is 24.1 Å². The maximum atomic E-state index is 12.2. The van der Waals surface area contributed by atoms with Crippen molar-refractivity contribution in [3.63, 3.8) is 0 Å². The van der Waals surface area contributed by atoms with Crippen LogP contribution in [-0.4, -0.2) is 132 Å². The molecule has 0 spiro atoms. The number of fused-ring (bicyclic) bond motifs is 2. The first-order valence-corrected chi connectivity index (χ1v) is 25.8. The number of hydrogen-bond donors (Lipinski definition) is 1. The van der Waals surface area contributed by atoms with Crippen molar-refractivity contribution in [2.45, 2.75) is 86.3 Å². The zero-order valence-corrected chi connectivity index (χ0v) is 39.8. The number of likely N-dealkylation sites (N-methyl/N-ethyl adjacent to an activating group) is 1. The number of methoxy groups -OCH3 is 1. The number of allylic oxidation sites excluding steroid dienone is 8. The number of carboxylic acid groups (broad SMARTS) is 1. The molecule has 20 heteroatoms. The van der Waals surface area contributed by atoms with Gasteiger partial charge in [-0.05, 0) is 94.8 Å². The van der Waals surface area contributed by atoms with E-state index in [9.17, 15) is 43.7 Å². The van der Waals surface area contributed by atoms with Gasteiger partial charge in [-0.15, -0.1) is 0 Å². The van der Waals surface area contributed by atoms with Crippen LogP contribution in [0.25, 0.3) is 0 Å². The van der Waals surface area contributed by atoms with Crippen molar-refractivity contribution in [2.75, 3.05) is 77.1 Å². The average Bonchev–Trinajstić information content (AvgIpc) is 3.60. The molecule has 1 N–H and O–H groups in total. The highest BCUT2D eigenvalue weighted by Gasteiger charge is 2.48. The van der Waals surface area contributed by atoms with Crippen molar-refractivity contribution in [3.8, 4) is 0 Å². The first kappa shape index (κ1) is 53.5. The van der Waals surface area contributed by atoms with Gasteiger partial charge in [0.1, 0.15) is 26.8 Å². The number of nitrogens with zero attached hydrogens (tertiary/aromatic N) is 2. The molecule has 0 aromatic heterocycles. The summed E-state index contributed by atoms with van der Waals surface area (Å²) < 4.78 is 131. The summed E-state index contributed by atoms with van der Waals surface area (Å²) in [5.41, 5.74) is 2.31. The lowest BCUT2D eigenvalue weighted by atomic mass is 9.76. The fourth-order valence-electron chi connectivity index (χ4n) is 8.25. The Hall–Kier alpha value is -4.09. The van der Waals surface area contributed by atoms with E-state index in [0.717, 1.165) is 11.4 Å². The van der Waals surface area contributed by atoms with E-state index in [1.807, 2.05) is 43.9 Å². The summed E-state index contributed by atoms with van der Waals surface area (Å²) in [5.74, 6) is -1.49. The topological polar surface area (TPSA) is 252 Å². The van der Waals surface area contributed by atoms with Crippen LogP contribution in [-0.2, 0) is 64.9 Å². The molecule has 65 heavy (non-hydrogen) atoms. The van der Waals surface area contributed by atoms with Gasteiger partial charge in [0.2, 0.25) is 5.69 Å². The number of carboxylic acids is 1. The molecule has 2 aliphatic rings. The number of carbonyl (C=O) groups is 1. The third kappa shape index (κ3) is 15.0. The lowest BCUT2D eigenvalue weighted by Crippen LogP contribution is -2.33. The molecule has 0 fully saturated rings. The fraction of sp³-hybridized carbons (Fsp3) is 0.511. The molecule has 0 radical (unpaired) electrons. The second kappa shape index (κ2) is 24.1. The van der Waals surface area contributed by atoms with E-state index >= 15 is 0 Å². The Bertz CT molecular complexity index is 2460. The Kier molecular flexibility index (Phi) is 19.8. The van der Waals surface area contributed by atoms with E-state index < -0.39 is 57.8 Å². The first-order chi connectivity index (χ1) is 30.7. The standard InChI is InChI=1S/C45H62N2O15S3/c1-5-46-39-20-18-35(64(53,54)55)33-37(39)44(2,22-14-32-63(50,51)52)41(46)15-10-7-6-8-11-16-42-45(3,23-25-60-28-29-62-31-30-61-27-26-59-4)38-34-36(65(56,57)58)19-21-40(38)47(42)24-13-9-12-17-43(48)49/h6-8,10-11,15-16,18-21,33-34H,5,9,12-14,17,22-32H2,1-4H3,(H3-,48,49,50,51,52,53,54,55,56,57,58)/p-2. The van der Waals surface area contributed by atoms with Gasteiger partial charge in [-0.1, -0.05) is 30.4 Å². The Labute approximate surface area is 383 Å². The second-order valence-corrected chi connectivity index (χ2v) is 20.3. The minimum Gasteiger partial charge on any atom is -0.748 e. The van der Waals surface area contributed by atoms with Crippen LogP contribution in [0.1, 0.15) is 76.8 Å². The molecule has 360 valence electrons. The van der Waals surface area contributed by atoms with E-state index in [0.29, 0.717) is 101 Å². The number of rotatable bonds is 29. The lowest BCUT2D eigenvalue weighted by Gasteiger charge is -2.30. The zero-order chi connectivity index (χ0) is 47.9. The Morgan fingerprint density at radius 2 is 1.31 bits per heavy atom. The van der Waals surface area contributed by atoms with Crippen LogP contribution >= 0.6 is 0 Å². The van der Waals surface area contributed by atoms with Crippen LogP contribution in [0.5, 0.6) is 0 Å². The van der Waals surface area contributed by atoms with Gasteiger partial charge in [-0.2, -0.15) is 4.58 Å². The highest BCUT2D eigenvalue weighted by atomic mass is 32.2. The van der Waals surface area contributed by atoms with Gasteiger partial charge >= 0.3 is 5.97 Å². The summed E-state index contributed by atoms with van der Waals surface area (Å²) in [6.45, 7) is 9.28. The molecule has 2 aromatic rings. The molecule has 2 unspecified atom stereocenters. The predicted molar refractivity (Wildman–Crippen MR) is 241 cm³/mol. The molecule has 0 aliphatic carbocycles. The van der Waals surface area contributed by atoms with Crippen molar-refractivity contribution in [2.24, 2.45) is 0 Å². The molecule has 2 heterocycles. The van der Waals surface area contributed by atoms with Gasteiger partial charge in [0.15, 0.2) is 5.71 Å². The Morgan fingerprint density at radius 3 is 1.91 bits per heavy atom. The van der Waals surface area contributed by atoms with Crippen molar-refractivity contribution < 1.29 is 72.3 Å². The van der Waals surface area contributed by atoms with Gasteiger partial charge in [-0.3, -0.25) is 4.79 Å². The third-order valence-electron chi connectivity index (χ3n) is 11.5. The first-order valence-electron chi connectivity index (χ1n) is 21.4. The van der Waals surface area contributed by atoms with Crippen molar-refractivity contribution in [1.82, 2.24) is 0 Å². The highest BCUT2D eigenvalue weighted by molar-refractivity contribution is 7.86. The summed E-state index contributed by atoms with van der Waals surface area (Å²) in [6, 6.07) is 8.45. The minimum absolute atomic E-state index is 0.000817. The maximum absolute atomic E-state index is 12.2. The van der Waals surface area contributed by atoms with Crippen LogP contribution in [0.2, 0.25) is 0 Å². The van der Waals surface area contributed by atoms with Gasteiger partial charge in [0, 0.05) is 73.4 Å². The number of aliphatic carboxylic acids is 1. The number of anilines is 1. The molecule has 2 aromatic carbocycles. The van der Waals surface area contributed by atoms with E-state index in [2.05, 4.69) is 4.58 Å². The molecule has 0 saturated carbocycles. The molecule has 4 rings (SSSR count). The van der Waals surface area contributed by atoms with Crippen LogP contribution in [0.3, 0.4) is 0 Å². The van der Waals surface area contributed by atoms with E-state index in [-0.39, 0.29) is 30.8 Å². The minimum atomic E-state index is -4.80. The normalized spacial score (nSPS) is 19.7. The number of unbranched alkanes of at least 4 members (excludes halogenated alkanes) is 2. The fourth-order valence-corrected chi connectivity index (χ4v) is 9.75. The molecule has 2 aliphatic heterocycles. The van der Waals surface area contributed by atoms with Crippen LogP contribution in [0.4, 0.5) is 11.4 Å². The van der Waals surface area contributed by atoms with Gasteiger partial charge in [-0.25, -0.2) is 25.3 Å². The van der Waals surface area contributed by atoms with Gasteiger partial charge in [0.05, 0.1) is 65.0 Å². The number of ether oxygens (including phenoxy) is 4.